The molecular weight excluding hydrogens is 470 g/mol. The number of ether oxygens (including phenoxy) is 3. The highest BCUT2D eigenvalue weighted by molar-refractivity contribution is 9.10. The lowest BCUT2D eigenvalue weighted by atomic mass is 10.1. The average Bonchev–Trinajstić information content (AvgIpc) is 3.18. The van der Waals surface area contributed by atoms with Gasteiger partial charge in [-0.3, -0.25) is 0 Å². The van der Waals surface area contributed by atoms with Crippen molar-refractivity contribution >= 4 is 32.8 Å². The van der Waals surface area contributed by atoms with Crippen LogP contribution in [0.4, 0.5) is 0 Å². The SMILES string of the molecule is CCOC(=O)c1[nH]c2c(Br)cccc2c1CCCOc1cccc(Oc2ccccc2)c1. The maximum Gasteiger partial charge on any atom is 0.355 e. The fourth-order valence-electron chi connectivity index (χ4n) is 3.57. The minimum atomic E-state index is -0.336. The molecule has 0 fully saturated rings. The van der Waals surface area contributed by atoms with E-state index in [4.69, 9.17) is 14.2 Å². The van der Waals surface area contributed by atoms with Crippen molar-refractivity contribution in [3.8, 4) is 17.2 Å². The van der Waals surface area contributed by atoms with Crippen molar-refractivity contribution in [2.75, 3.05) is 13.2 Å². The minimum Gasteiger partial charge on any atom is -0.493 e. The Morgan fingerprint density at radius 1 is 0.938 bits per heavy atom. The Hall–Kier alpha value is -3.25. The summed E-state index contributed by atoms with van der Waals surface area (Å²) in [5, 5.41) is 1.01. The molecule has 1 N–H and O–H groups in total. The number of fused-ring (bicyclic) bond motifs is 1. The van der Waals surface area contributed by atoms with E-state index in [-0.39, 0.29) is 5.97 Å². The number of rotatable bonds is 9. The number of H-pyrrole nitrogens is 1. The van der Waals surface area contributed by atoms with Crippen LogP contribution in [-0.4, -0.2) is 24.2 Å². The third-order valence-electron chi connectivity index (χ3n) is 4.99. The van der Waals surface area contributed by atoms with E-state index in [1.807, 2.05) is 72.8 Å². The minimum absolute atomic E-state index is 0.333. The molecule has 0 aliphatic carbocycles. The Balaban J connectivity index is 1.42. The molecule has 1 heterocycles. The second-order valence-corrected chi connectivity index (χ2v) is 8.06. The summed E-state index contributed by atoms with van der Waals surface area (Å²) in [5.74, 6) is 1.91. The van der Waals surface area contributed by atoms with Crippen molar-refractivity contribution in [2.45, 2.75) is 19.8 Å². The van der Waals surface area contributed by atoms with E-state index in [2.05, 4.69) is 20.9 Å². The first-order valence-corrected chi connectivity index (χ1v) is 11.4. The maximum absolute atomic E-state index is 12.5. The number of aromatic nitrogens is 1. The number of aryl methyl sites for hydroxylation is 1. The van der Waals surface area contributed by atoms with E-state index in [1.54, 1.807) is 6.92 Å². The van der Waals surface area contributed by atoms with Gasteiger partial charge in [-0.05, 0) is 71.6 Å². The van der Waals surface area contributed by atoms with Crippen LogP contribution in [0.15, 0.2) is 77.3 Å². The van der Waals surface area contributed by atoms with E-state index in [9.17, 15) is 4.79 Å². The first-order chi connectivity index (χ1) is 15.7. The smallest absolute Gasteiger partial charge is 0.355 e. The molecule has 4 rings (SSSR count). The van der Waals surface area contributed by atoms with Gasteiger partial charge in [-0.1, -0.05) is 36.4 Å². The van der Waals surface area contributed by atoms with E-state index in [1.165, 1.54) is 0 Å². The van der Waals surface area contributed by atoms with Crippen LogP contribution < -0.4 is 9.47 Å². The molecule has 4 aromatic rings. The summed E-state index contributed by atoms with van der Waals surface area (Å²) in [6.07, 6.45) is 1.43. The first kappa shape index (κ1) is 22.0. The Morgan fingerprint density at radius 3 is 2.50 bits per heavy atom. The van der Waals surface area contributed by atoms with Crippen LogP contribution in [0.5, 0.6) is 17.2 Å². The molecule has 0 amide bonds. The van der Waals surface area contributed by atoms with Crippen LogP contribution in [0.3, 0.4) is 0 Å². The van der Waals surface area contributed by atoms with Crippen LogP contribution >= 0.6 is 15.9 Å². The van der Waals surface area contributed by atoms with Gasteiger partial charge in [0.15, 0.2) is 0 Å². The third kappa shape index (κ3) is 5.14. The lowest BCUT2D eigenvalue weighted by molar-refractivity contribution is 0.0519. The number of aromatic amines is 1. The summed E-state index contributed by atoms with van der Waals surface area (Å²) in [6.45, 7) is 2.65. The number of halogens is 1. The average molecular weight is 494 g/mol. The van der Waals surface area contributed by atoms with Gasteiger partial charge in [-0.2, -0.15) is 0 Å². The fraction of sp³-hybridized carbons (Fsp3) is 0.192. The van der Waals surface area contributed by atoms with Gasteiger partial charge >= 0.3 is 5.97 Å². The van der Waals surface area contributed by atoms with Gasteiger partial charge in [0.05, 0.1) is 18.7 Å². The van der Waals surface area contributed by atoms with Crippen LogP contribution in [-0.2, 0) is 11.2 Å². The third-order valence-corrected chi connectivity index (χ3v) is 5.66. The predicted molar refractivity (Wildman–Crippen MR) is 129 cm³/mol. The number of nitrogens with one attached hydrogen (secondary N) is 1. The van der Waals surface area contributed by atoms with E-state index in [0.717, 1.165) is 44.6 Å². The number of carbonyl (C=O) groups excluding carboxylic acids is 1. The molecule has 0 unspecified atom stereocenters. The topological polar surface area (TPSA) is 60.6 Å². The Kier molecular flexibility index (Phi) is 7.12. The van der Waals surface area contributed by atoms with Crippen molar-refractivity contribution in [1.29, 1.82) is 0 Å². The van der Waals surface area contributed by atoms with Gasteiger partial charge in [0, 0.05) is 15.9 Å². The zero-order chi connectivity index (χ0) is 22.3. The van der Waals surface area contributed by atoms with Gasteiger partial charge in [-0.25, -0.2) is 4.79 Å². The summed E-state index contributed by atoms with van der Waals surface area (Å²) in [5.41, 5.74) is 2.36. The van der Waals surface area contributed by atoms with Crippen molar-refractivity contribution in [1.82, 2.24) is 4.98 Å². The van der Waals surface area contributed by atoms with E-state index >= 15 is 0 Å². The monoisotopic (exact) mass is 493 g/mol. The predicted octanol–water partition coefficient (Wildman–Crippen LogP) is 6.91. The highest BCUT2D eigenvalue weighted by Crippen LogP contribution is 2.30. The van der Waals surface area contributed by atoms with Crippen molar-refractivity contribution < 1.29 is 19.0 Å². The highest BCUT2D eigenvalue weighted by Gasteiger charge is 2.19. The number of esters is 1. The molecular formula is C26H24BrNO4. The molecule has 32 heavy (non-hydrogen) atoms. The Morgan fingerprint density at radius 2 is 1.69 bits per heavy atom. The van der Waals surface area contributed by atoms with Gasteiger partial charge in [0.25, 0.3) is 0 Å². The molecule has 1 aromatic heterocycles. The van der Waals surface area contributed by atoms with Crippen molar-refractivity contribution in [3.63, 3.8) is 0 Å². The Bertz CT molecular complexity index is 1200. The van der Waals surface area contributed by atoms with Gasteiger partial charge in [0.1, 0.15) is 22.9 Å². The second kappa shape index (κ2) is 10.4. The molecule has 0 saturated heterocycles. The summed E-state index contributed by atoms with van der Waals surface area (Å²) >= 11 is 3.56. The number of para-hydroxylation sites is 2. The largest absolute Gasteiger partial charge is 0.493 e. The molecule has 164 valence electrons. The molecule has 0 bridgehead atoms. The molecule has 0 spiro atoms. The molecule has 0 saturated carbocycles. The molecule has 0 radical (unpaired) electrons. The molecule has 0 aliphatic heterocycles. The fourth-order valence-corrected chi connectivity index (χ4v) is 4.03. The van der Waals surface area contributed by atoms with Crippen molar-refractivity contribution in [3.05, 3.63) is 88.5 Å². The van der Waals surface area contributed by atoms with Crippen LogP contribution in [0.2, 0.25) is 0 Å². The number of hydrogen-bond donors (Lipinski definition) is 1. The summed E-state index contributed by atoms with van der Waals surface area (Å²) in [6, 6.07) is 23.2. The second-order valence-electron chi connectivity index (χ2n) is 7.20. The van der Waals surface area contributed by atoms with E-state index in [0.29, 0.717) is 25.3 Å². The molecule has 0 aliphatic rings. The van der Waals surface area contributed by atoms with Crippen LogP contribution in [0.1, 0.15) is 29.4 Å². The number of carbonyl (C=O) groups is 1. The highest BCUT2D eigenvalue weighted by atomic mass is 79.9. The standard InChI is InChI=1S/C26H24BrNO4/c1-2-30-26(29)25-22(21-13-7-15-23(27)24(21)28-25)14-8-16-31-19-11-6-12-20(17-19)32-18-9-4-3-5-10-18/h3-7,9-13,15,17,28H,2,8,14,16H2,1H3. The van der Waals surface area contributed by atoms with Crippen LogP contribution in [0.25, 0.3) is 10.9 Å². The van der Waals surface area contributed by atoms with Gasteiger partial charge in [-0.15, -0.1) is 0 Å². The lowest BCUT2D eigenvalue weighted by Crippen LogP contribution is -2.09. The summed E-state index contributed by atoms with van der Waals surface area (Å²) in [7, 11) is 0. The maximum atomic E-state index is 12.5. The van der Waals surface area contributed by atoms with Crippen molar-refractivity contribution in [2.24, 2.45) is 0 Å². The quantitative estimate of drug-likeness (QED) is 0.203. The normalized spacial score (nSPS) is 10.8. The first-order valence-electron chi connectivity index (χ1n) is 10.6. The number of hydrogen-bond acceptors (Lipinski definition) is 4. The Labute approximate surface area is 195 Å². The molecule has 6 heteroatoms. The van der Waals surface area contributed by atoms with Gasteiger partial charge < -0.3 is 19.2 Å². The molecule has 5 nitrogen and oxygen atoms in total. The zero-order valence-electron chi connectivity index (χ0n) is 17.8. The summed E-state index contributed by atoms with van der Waals surface area (Å²) in [4.78, 5) is 15.7. The van der Waals surface area contributed by atoms with Gasteiger partial charge in [0.2, 0.25) is 0 Å². The number of benzene rings is 3. The van der Waals surface area contributed by atoms with E-state index < -0.39 is 0 Å². The lowest BCUT2D eigenvalue weighted by Gasteiger charge is -2.10. The summed E-state index contributed by atoms with van der Waals surface area (Å²) < 4.78 is 18.0. The zero-order valence-corrected chi connectivity index (χ0v) is 19.4. The molecule has 3 aromatic carbocycles. The molecule has 0 atom stereocenters. The van der Waals surface area contributed by atoms with Crippen LogP contribution in [0, 0.1) is 0 Å².